The van der Waals surface area contributed by atoms with E-state index in [2.05, 4.69) is 0 Å². The zero-order chi connectivity index (χ0) is 14.8. The van der Waals surface area contributed by atoms with E-state index >= 15 is 0 Å². The summed E-state index contributed by atoms with van der Waals surface area (Å²) in [5, 5.41) is 0. The second-order valence-corrected chi connectivity index (χ2v) is 6.39. The summed E-state index contributed by atoms with van der Waals surface area (Å²) in [5.41, 5.74) is 2.07. The van der Waals surface area contributed by atoms with E-state index in [-0.39, 0.29) is 4.90 Å². The van der Waals surface area contributed by atoms with Gasteiger partial charge in [-0.05, 0) is 35.9 Å². The van der Waals surface area contributed by atoms with Gasteiger partial charge in [0.15, 0.2) is 9.84 Å². The number of rotatable bonds is 4. The highest BCUT2D eigenvalue weighted by Gasteiger charge is 2.10. The van der Waals surface area contributed by atoms with E-state index in [1.807, 2.05) is 0 Å². The molecule has 0 aliphatic heterocycles. The predicted octanol–water partition coefficient (Wildman–Crippen LogP) is 2.58. The van der Waals surface area contributed by atoms with Crippen LogP contribution in [-0.4, -0.2) is 28.1 Å². The van der Waals surface area contributed by atoms with Gasteiger partial charge < -0.3 is 4.74 Å². The van der Waals surface area contributed by atoms with Crippen LogP contribution < -0.4 is 4.74 Å². The van der Waals surface area contributed by atoms with Crippen molar-refractivity contribution in [2.75, 3.05) is 13.4 Å². The number of hydrogen-bond donors (Lipinski definition) is 0. The Hall–Kier alpha value is -2.14. The van der Waals surface area contributed by atoms with E-state index in [1.54, 1.807) is 37.4 Å². The van der Waals surface area contributed by atoms with Gasteiger partial charge in [0.25, 0.3) is 0 Å². The monoisotopic (exact) mass is 290 g/mol. The molecule has 20 heavy (non-hydrogen) atoms. The Labute approximate surface area is 117 Å². The van der Waals surface area contributed by atoms with Crippen molar-refractivity contribution in [3.63, 3.8) is 0 Å². The molecular weight excluding hydrogens is 276 g/mol. The first-order valence-corrected chi connectivity index (χ1v) is 7.78. The largest absolute Gasteiger partial charge is 0.496 e. The first kappa shape index (κ1) is 14.3. The maximum atomic E-state index is 11.4. The van der Waals surface area contributed by atoms with Gasteiger partial charge in [-0.2, -0.15) is 0 Å². The molecule has 0 aromatic heterocycles. The van der Waals surface area contributed by atoms with Gasteiger partial charge in [-0.15, -0.1) is 0 Å². The van der Waals surface area contributed by atoms with Crippen LogP contribution in [-0.2, 0) is 9.84 Å². The molecule has 0 aliphatic rings. The lowest BCUT2D eigenvalue weighted by Crippen LogP contribution is -1.96. The molecule has 0 atom stereocenters. The number of methoxy groups -OCH3 is 1. The van der Waals surface area contributed by atoms with Crippen LogP contribution in [0.4, 0.5) is 0 Å². The second kappa shape index (κ2) is 5.46. The third-order valence-corrected chi connectivity index (χ3v) is 4.08. The SMILES string of the molecule is COc1ccc(C=O)cc1-c1ccc(S(C)(=O)=O)cc1. The van der Waals surface area contributed by atoms with Gasteiger partial charge in [0, 0.05) is 17.4 Å². The Kier molecular flexibility index (Phi) is 3.90. The molecule has 2 aromatic carbocycles. The summed E-state index contributed by atoms with van der Waals surface area (Å²) in [6.07, 6.45) is 1.92. The van der Waals surface area contributed by atoms with Crippen LogP contribution >= 0.6 is 0 Å². The van der Waals surface area contributed by atoms with Crippen molar-refractivity contribution in [2.24, 2.45) is 0 Å². The molecule has 4 nitrogen and oxygen atoms in total. The van der Waals surface area contributed by atoms with Crippen LogP contribution in [0.1, 0.15) is 10.4 Å². The highest BCUT2D eigenvalue weighted by Crippen LogP contribution is 2.31. The number of carbonyl (C=O) groups is 1. The van der Waals surface area contributed by atoms with Crippen molar-refractivity contribution in [3.05, 3.63) is 48.0 Å². The third kappa shape index (κ3) is 2.88. The van der Waals surface area contributed by atoms with Crippen LogP contribution in [0.2, 0.25) is 0 Å². The number of hydrogen-bond acceptors (Lipinski definition) is 4. The Bertz CT molecular complexity index is 731. The first-order chi connectivity index (χ1) is 9.45. The van der Waals surface area contributed by atoms with Crippen molar-refractivity contribution < 1.29 is 17.9 Å². The second-order valence-electron chi connectivity index (χ2n) is 4.37. The van der Waals surface area contributed by atoms with E-state index in [9.17, 15) is 13.2 Å². The zero-order valence-corrected chi connectivity index (χ0v) is 12.0. The number of benzene rings is 2. The molecule has 0 aliphatic carbocycles. The summed E-state index contributed by atoms with van der Waals surface area (Å²) >= 11 is 0. The summed E-state index contributed by atoms with van der Waals surface area (Å²) in [6.45, 7) is 0. The minimum Gasteiger partial charge on any atom is -0.496 e. The molecule has 0 saturated carbocycles. The topological polar surface area (TPSA) is 60.4 Å². The van der Waals surface area contributed by atoms with Crippen molar-refractivity contribution in [1.82, 2.24) is 0 Å². The molecule has 0 spiro atoms. The van der Waals surface area contributed by atoms with E-state index in [0.29, 0.717) is 11.3 Å². The number of ether oxygens (including phenoxy) is 1. The fraction of sp³-hybridized carbons (Fsp3) is 0.133. The first-order valence-electron chi connectivity index (χ1n) is 5.89. The summed E-state index contributed by atoms with van der Waals surface area (Å²) < 4.78 is 28.1. The Balaban J connectivity index is 2.53. The normalized spacial score (nSPS) is 11.1. The van der Waals surface area contributed by atoms with E-state index < -0.39 is 9.84 Å². The zero-order valence-electron chi connectivity index (χ0n) is 11.2. The molecular formula is C15H14O4S. The van der Waals surface area contributed by atoms with E-state index in [1.165, 1.54) is 12.1 Å². The van der Waals surface area contributed by atoms with Crippen LogP contribution in [0.15, 0.2) is 47.4 Å². The summed E-state index contributed by atoms with van der Waals surface area (Å²) in [6, 6.07) is 11.6. The van der Waals surface area contributed by atoms with Crippen LogP contribution in [0.25, 0.3) is 11.1 Å². The summed E-state index contributed by atoms with van der Waals surface area (Å²) in [5.74, 6) is 0.628. The van der Waals surface area contributed by atoms with Crippen LogP contribution in [0, 0.1) is 0 Å². The summed E-state index contributed by atoms with van der Waals surface area (Å²) in [7, 11) is -1.67. The Morgan fingerprint density at radius 3 is 2.20 bits per heavy atom. The smallest absolute Gasteiger partial charge is 0.175 e. The molecule has 104 valence electrons. The molecule has 2 aromatic rings. The standard InChI is InChI=1S/C15H14O4S/c1-19-15-8-3-11(10-16)9-14(15)12-4-6-13(7-5-12)20(2,17)18/h3-10H,1-2H3. The molecule has 0 fully saturated rings. The van der Waals surface area contributed by atoms with Gasteiger partial charge >= 0.3 is 0 Å². The van der Waals surface area contributed by atoms with Gasteiger partial charge in [-0.1, -0.05) is 12.1 Å². The molecule has 0 bridgehead atoms. The average Bonchev–Trinajstić information content (AvgIpc) is 2.45. The fourth-order valence-corrected chi connectivity index (χ4v) is 2.54. The highest BCUT2D eigenvalue weighted by atomic mass is 32.2. The highest BCUT2D eigenvalue weighted by molar-refractivity contribution is 7.90. The van der Waals surface area contributed by atoms with Crippen molar-refractivity contribution in [2.45, 2.75) is 4.90 Å². The van der Waals surface area contributed by atoms with E-state index in [4.69, 9.17) is 4.74 Å². The molecule has 0 saturated heterocycles. The fourth-order valence-electron chi connectivity index (χ4n) is 1.91. The molecule has 0 amide bonds. The lowest BCUT2D eigenvalue weighted by molar-refractivity contribution is 0.112. The number of carbonyl (C=O) groups excluding carboxylic acids is 1. The van der Waals surface area contributed by atoms with Crippen molar-refractivity contribution in [1.29, 1.82) is 0 Å². The minimum atomic E-state index is -3.22. The van der Waals surface area contributed by atoms with Gasteiger partial charge in [-0.25, -0.2) is 8.42 Å². The quantitative estimate of drug-likeness (QED) is 0.812. The molecule has 5 heteroatoms. The Morgan fingerprint density at radius 1 is 1.05 bits per heavy atom. The maximum Gasteiger partial charge on any atom is 0.175 e. The molecule has 0 unspecified atom stereocenters. The van der Waals surface area contributed by atoms with Crippen molar-refractivity contribution in [3.8, 4) is 16.9 Å². The lowest BCUT2D eigenvalue weighted by atomic mass is 10.0. The number of aldehydes is 1. The number of sulfone groups is 1. The average molecular weight is 290 g/mol. The molecule has 0 N–H and O–H groups in total. The van der Waals surface area contributed by atoms with Crippen LogP contribution in [0.5, 0.6) is 5.75 Å². The maximum absolute atomic E-state index is 11.4. The van der Waals surface area contributed by atoms with Crippen molar-refractivity contribution >= 4 is 16.1 Å². The molecule has 0 radical (unpaired) electrons. The molecule has 0 heterocycles. The van der Waals surface area contributed by atoms with Crippen LogP contribution in [0.3, 0.4) is 0 Å². The third-order valence-electron chi connectivity index (χ3n) is 2.95. The van der Waals surface area contributed by atoms with E-state index in [0.717, 1.165) is 23.7 Å². The van der Waals surface area contributed by atoms with Gasteiger partial charge in [0.05, 0.1) is 12.0 Å². The van der Waals surface area contributed by atoms with Gasteiger partial charge in [0.1, 0.15) is 12.0 Å². The lowest BCUT2D eigenvalue weighted by Gasteiger charge is -2.10. The minimum absolute atomic E-state index is 0.256. The van der Waals surface area contributed by atoms with Gasteiger partial charge in [0.2, 0.25) is 0 Å². The predicted molar refractivity (Wildman–Crippen MR) is 76.9 cm³/mol. The summed E-state index contributed by atoms with van der Waals surface area (Å²) in [4.78, 5) is 11.1. The molecule has 2 rings (SSSR count). The van der Waals surface area contributed by atoms with Gasteiger partial charge in [-0.3, -0.25) is 4.79 Å². The Morgan fingerprint density at radius 2 is 1.70 bits per heavy atom.